The lowest BCUT2D eigenvalue weighted by molar-refractivity contribution is -0.124. The van der Waals surface area contributed by atoms with Crippen LogP contribution >= 0.6 is 11.8 Å². The van der Waals surface area contributed by atoms with Gasteiger partial charge in [-0.05, 0) is 32.1 Å². The fourth-order valence-corrected chi connectivity index (χ4v) is 3.53. The molecule has 2 rings (SSSR count). The number of thioether (sulfide) groups is 1. The Balaban J connectivity index is 1.91. The van der Waals surface area contributed by atoms with Crippen molar-refractivity contribution in [3.05, 3.63) is 0 Å². The highest BCUT2D eigenvalue weighted by molar-refractivity contribution is 7.99. The Hall–Kier alpha value is -0.260. The standard InChI is InChI=1S/C11H20N2O2S/c12-10(15)11(13-8-1-2-8)4-3-9(7-11)16-6-5-14/h8-9,13-14H,1-7H2,(H2,12,15). The molecule has 2 unspecified atom stereocenters. The molecule has 2 atom stereocenters. The number of carbonyl (C=O) groups excluding carboxylic acids is 1. The van der Waals surface area contributed by atoms with Crippen LogP contribution in [0.2, 0.25) is 0 Å². The van der Waals surface area contributed by atoms with E-state index in [4.69, 9.17) is 10.8 Å². The second-order valence-corrected chi connectivity index (χ2v) is 6.23. The molecule has 2 saturated carbocycles. The Labute approximate surface area is 100 Å². The van der Waals surface area contributed by atoms with Crippen molar-refractivity contribution in [3.8, 4) is 0 Å². The van der Waals surface area contributed by atoms with Gasteiger partial charge < -0.3 is 16.2 Å². The van der Waals surface area contributed by atoms with Crippen LogP contribution in [0.15, 0.2) is 0 Å². The zero-order chi connectivity index (χ0) is 11.6. The second-order valence-electron chi connectivity index (χ2n) is 4.82. The molecule has 0 aromatic carbocycles. The maximum atomic E-state index is 11.6. The van der Waals surface area contributed by atoms with Gasteiger partial charge in [-0.3, -0.25) is 4.79 Å². The second kappa shape index (κ2) is 4.94. The molecular weight excluding hydrogens is 224 g/mol. The third kappa shape index (κ3) is 2.70. The number of nitrogens with two attached hydrogens (primary N) is 1. The number of aliphatic hydroxyl groups is 1. The number of primary amides is 1. The van der Waals surface area contributed by atoms with E-state index in [0.29, 0.717) is 11.3 Å². The molecule has 92 valence electrons. The quantitative estimate of drug-likeness (QED) is 0.625. The average molecular weight is 244 g/mol. The van der Waals surface area contributed by atoms with Crippen molar-refractivity contribution in [1.82, 2.24) is 5.32 Å². The fourth-order valence-electron chi connectivity index (χ4n) is 2.41. The van der Waals surface area contributed by atoms with Crippen LogP contribution in [0, 0.1) is 0 Å². The average Bonchev–Trinajstić information content (AvgIpc) is 2.95. The van der Waals surface area contributed by atoms with Gasteiger partial charge in [0.15, 0.2) is 0 Å². The minimum absolute atomic E-state index is 0.202. The van der Waals surface area contributed by atoms with Crippen molar-refractivity contribution in [1.29, 1.82) is 0 Å². The SMILES string of the molecule is NC(=O)C1(NC2CC2)CCC(SCCO)C1. The lowest BCUT2D eigenvalue weighted by Crippen LogP contribution is -2.54. The molecule has 5 heteroatoms. The third-order valence-electron chi connectivity index (χ3n) is 3.44. The highest BCUT2D eigenvalue weighted by Gasteiger charge is 2.46. The highest BCUT2D eigenvalue weighted by atomic mass is 32.2. The van der Waals surface area contributed by atoms with E-state index in [1.807, 2.05) is 0 Å². The minimum atomic E-state index is -0.464. The summed E-state index contributed by atoms with van der Waals surface area (Å²) < 4.78 is 0. The van der Waals surface area contributed by atoms with Gasteiger partial charge in [-0.25, -0.2) is 0 Å². The monoisotopic (exact) mass is 244 g/mol. The maximum Gasteiger partial charge on any atom is 0.237 e. The van der Waals surface area contributed by atoms with Crippen LogP contribution in [0.1, 0.15) is 32.1 Å². The molecule has 0 aromatic heterocycles. The molecule has 4 nitrogen and oxygen atoms in total. The molecule has 0 aliphatic heterocycles. The first-order valence-corrected chi connectivity index (χ1v) is 7.01. The topological polar surface area (TPSA) is 75.4 Å². The van der Waals surface area contributed by atoms with Crippen LogP contribution in [0.25, 0.3) is 0 Å². The van der Waals surface area contributed by atoms with E-state index in [9.17, 15) is 4.79 Å². The summed E-state index contributed by atoms with van der Waals surface area (Å²) >= 11 is 1.75. The molecule has 2 aliphatic carbocycles. The van der Waals surface area contributed by atoms with Crippen LogP contribution in [-0.4, -0.2) is 40.2 Å². The summed E-state index contributed by atoms with van der Waals surface area (Å²) in [6.45, 7) is 0.209. The molecule has 1 amide bonds. The fraction of sp³-hybridized carbons (Fsp3) is 0.909. The predicted octanol–water partition coefficient (Wildman–Crippen LogP) is 0.240. The van der Waals surface area contributed by atoms with E-state index in [1.165, 1.54) is 12.8 Å². The van der Waals surface area contributed by atoms with E-state index in [1.54, 1.807) is 11.8 Å². The predicted molar refractivity (Wildman–Crippen MR) is 65.3 cm³/mol. The molecule has 0 spiro atoms. The first-order valence-electron chi connectivity index (χ1n) is 5.96. The van der Waals surface area contributed by atoms with Crippen molar-refractivity contribution in [2.75, 3.05) is 12.4 Å². The van der Waals surface area contributed by atoms with E-state index < -0.39 is 5.54 Å². The van der Waals surface area contributed by atoms with E-state index >= 15 is 0 Å². The van der Waals surface area contributed by atoms with E-state index in [0.717, 1.165) is 25.0 Å². The third-order valence-corrected chi connectivity index (χ3v) is 4.74. The van der Waals surface area contributed by atoms with Gasteiger partial charge in [-0.2, -0.15) is 11.8 Å². The van der Waals surface area contributed by atoms with E-state index in [2.05, 4.69) is 5.32 Å². The van der Waals surface area contributed by atoms with Crippen LogP contribution in [0.3, 0.4) is 0 Å². The van der Waals surface area contributed by atoms with Crippen molar-refractivity contribution >= 4 is 17.7 Å². The zero-order valence-corrected chi connectivity index (χ0v) is 10.3. The summed E-state index contributed by atoms with van der Waals surface area (Å²) in [5.74, 6) is 0.551. The highest BCUT2D eigenvalue weighted by Crippen LogP contribution is 2.39. The lowest BCUT2D eigenvalue weighted by atomic mass is 9.96. The van der Waals surface area contributed by atoms with Gasteiger partial charge in [-0.1, -0.05) is 0 Å². The maximum absolute atomic E-state index is 11.6. The summed E-state index contributed by atoms with van der Waals surface area (Å²) in [5, 5.41) is 12.7. The summed E-state index contributed by atoms with van der Waals surface area (Å²) in [6.07, 6.45) is 5.03. The van der Waals surface area contributed by atoms with Gasteiger partial charge in [0, 0.05) is 17.0 Å². The summed E-state index contributed by atoms with van der Waals surface area (Å²) in [7, 11) is 0. The first-order chi connectivity index (χ1) is 7.66. The Kier molecular flexibility index (Phi) is 3.77. The first kappa shape index (κ1) is 12.2. The Morgan fingerprint density at radius 2 is 2.25 bits per heavy atom. The van der Waals surface area contributed by atoms with Gasteiger partial charge in [0.1, 0.15) is 0 Å². The number of nitrogens with one attached hydrogen (secondary N) is 1. The number of hydrogen-bond acceptors (Lipinski definition) is 4. The molecule has 0 bridgehead atoms. The van der Waals surface area contributed by atoms with Crippen LogP contribution < -0.4 is 11.1 Å². The number of carbonyl (C=O) groups is 1. The Bertz CT molecular complexity index is 271. The summed E-state index contributed by atoms with van der Waals surface area (Å²) in [5.41, 5.74) is 5.08. The number of amides is 1. The number of hydrogen-bond donors (Lipinski definition) is 3. The lowest BCUT2D eigenvalue weighted by Gasteiger charge is -2.27. The van der Waals surface area contributed by atoms with Gasteiger partial charge in [0.2, 0.25) is 5.91 Å². The van der Waals surface area contributed by atoms with Gasteiger partial charge in [0.25, 0.3) is 0 Å². The smallest absolute Gasteiger partial charge is 0.237 e. The summed E-state index contributed by atoms with van der Waals surface area (Å²) in [4.78, 5) is 11.6. The van der Waals surface area contributed by atoms with Crippen LogP contribution in [-0.2, 0) is 4.79 Å². The molecule has 2 aliphatic rings. The van der Waals surface area contributed by atoms with Crippen molar-refractivity contribution in [2.45, 2.75) is 48.9 Å². The Morgan fingerprint density at radius 1 is 1.50 bits per heavy atom. The normalized spacial score (nSPS) is 34.2. The van der Waals surface area contributed by atoms with Crippen molar-refractivity contribution in [2.24, 2.45) is 5.73 Å². The molecule has 0 aromatic rings. The zero-order valence-electron chi connectivity index (χ0n) is 9.45. The van der Waals surface area contributed by atoms with Crippen molar-refractivity contribution in [3.63, 3.8) is 0 Å². The Morgan fingerprint density at radius 3 is 2.81 bits per heavy atom. The van der Waals surface area contributed by atoms with Gasteiger partial charge in [0.05, 0.1) is 12.1 Å². The van der Waals surface area contributed by atoms with Gasteiger partial charge >= 0.3 is 0 Å². The molecule has 4 N–H and O–H groups in total. The van der Waals surface area contributed by atoms with Crippen LogP contribution in [0.5, 0.6) is 0 Å². The number of aliphatic hydroxyl groups excluding tert-OH is 1. The number of rotatable bonds is 6. The van der Waals surface area contributed by atoms with E-state index in [-0.39, 0.29) is 12.5 Å². The minimum Gasteiger partial charge on any atom is -0.396 e. The molecule has 2 fully saturated rings. The molecule has 16 heavy (non-hydrogen) atoms. The molecule has 0 saturated heterocycles. The van der Waals surface area contributed by atoms with Crippen LogP contribution in [0.4, 0.5) is 0 Å². The van der Waals surface area contributed by atoms with Gasteiger partial charge in [-0.15, -0.1) is 0 Å². The summed E-state index contributed by atoms with van der Waals surface area (Å²) in [6, 6.07) is 0.508. The molecule has 0 heterocycles. The molecular formula is C11H20N2O2S. The molecule has 0 radical (unpaired) electrons. The van der Waals surface area contributed by atoms with Crippen molar-refractivity contribution < 1.29 is 9.90 Å². The largest absolute Gasteiger partial charge is 0.396 e.